The molecule has 0 amide bonds. The van der Waals surface area contributed by atoms with Gasteiger partial charge in [-0.15, -0.1) is 0 Å². The van der Waals surface area contributed by atoms with Crippen LogP contribution in [0, 0.1) is 15.9 Å². The summed E-state index contributed by atoms with van der Waals surface area (Å²) in [5, 5.41) is 10.4. The summed E-state index contributed by atoms with van der Waals surface area (Å²) >= 11 is 0. The number of carbonyl (C=O) groups excluding carboxylic acids is 1. The summed E-state index contributed by atoms with van der Waals surface area (Å²) < 4.78 is 13.1. The molecule has 1 aromatic rings. The van der Waals surface area contributed by atoms with Gasteiger partial charge < -0.3 is 0 Å². The fraction of sp³-hybridized carbons (Fsp3) is 0.111. The van der Waals surface area contributed by atoms with Gasteiger partial charge in [-0.05, 0) is 0 Å². The van der Waals surface area contributed by atoms with Gasteiger partial charge in [0.25, 0.3) is 0 Å². The summed E-state index contributed by atoms with van der Waals surface area (Å²) in [6.07, 6.45) is 1.45. The van der Waals surface area contributed by atoms with Gasteiger partial charge in [-0.1, -0.05) is 0 Å². The van der Waals surface area contributed by atoms with E-state index >= 15 is 0 Å². The van der Waals surface area contributed by atoms with E-state index in [-0.39, 0.29) is 23.5 Å². The van der Waals surface area contributed by atoms with E-state index in [1.165, 1.54) is 6.21 Å². The molecule has 0 saturated heterocycles. The number of carbonyl (C=O) groups is 1. The molecule has 0 bridgehead atoms. The van der Waals surface area contributed by atoms with Gasteiger partial charge in [0.15, 0.2) is 5.78 Å². The fourth-order valence-corrected chi connectivity index (χ4v) is 1.36. The van der Waals surface area contributed by atoms with E-state index in [0.29, 0.717) is 0 Å². The molecule has 0 radical (unpaired) electrons. The van der Waals surface area contributed by atoms with Crippen molar-refractivity contribution >= 4 is 23.4 Å². The number of Topliss-reactive ketones (excluding diaryl/α,β-unsaturated/α-hetero) is 1. The number of hydrogen-bond donors (Lipinski definition) is 0. The van der Waals surface area contributed by atoms with Crippen LogP contribution in [-0.4, -0.2) is 16.9 Å². The molecule has 1 aromatic carbocycles. The monoisotopic (exact) mass is 208 g/mol. The average Bonchev–Trinajstić information content (AvgIpc) is 2.16. The lowest BCUT2D eigenvalue weighted by molar-refractivity contribution is -0.387. The zero-order chi connectivity index (χ0) is 11.0. The highest BCUT2D eigenvalue weighted by Gasteiger charge is 2.22. The summed E-state index contributed by atoms with van der Waals surface area (Å²) in [7, 11) is 0. The number of nitrogens with zero attached hydrogens (tertiary/aromatic N) is 2. The second kappa shape index (κ2) is 3.23. The second-order valence-corrected chi connectivity index (χ2v) is 3.02. The quantitative estimate of drug-likeness (QED) is 0.523. The van der Waals surface area contributed by atoms with Crippen LogP contribution in [0.2, 0.25) is 0 Å². The van der Waals surface area contributed by atoms with Crippen LogP contribution in [0.15, 0.2) is 17.1 Å². The zero-order valence-electron chi connectivity index (χ0n) is 7.44. The van der Waals surface area contributed by atoms with E-state index in [0.717, 1.165) is 12.1 Å². The summed E-state index contributed by atoms with van der Waals surface area (Å²) in [6.45, 7) is 0. The lowest BCUT2D eigenvalue weighted by Gasteiger charge is -2.07. The first-order valence-electron chi connectivity index (χ1n) is 4.13. The van der Waals surface area contributed by atoms with Gasteiger partial charge in [-0.2, -0.15) is 4.39 Å². The molecule has 0 aliphatic carbocycles. The number of ketones is 1. The van der Waals surface area contributed by atoms with Crippen molar-refractivity contribution in [2.75, 3.05) is 0 Å². The predicted molar refractivity (Wildman–Crippen MR) is 50.2 cm³/mol. The van der Waals surface area contributed by atoms with Crippen LogP contribution in [0.4, 0.5) is 15.8 Å². The van der Waals surface area contributed by atoms with Gasteiger partial charge in [-0.25, -0.2) is 0 Å². The molecule has 15 heavy (non-hydrogen) atoms. The molecule has 1 aliphatic rings. The van der Waals surface area contributed by atoms with Crippen molar-refractivity contribution in [3.05, 3.63) is 33.6 Å². The molecule has 0 aromatic heterocycles. The minimum atomic E-state index is -0.981. The van der Waals surface area contributed by atoms with Crippen molar-refractivity contribution in [2.24, 2.45) is 4.99 Å². The molecule has 76 valence electrons. The summed E-state index contributed by atoms with van der Waals surface area (Å²) in [5.74, 6) is -1.27. The molecular weight excluding hydrogens is 203 g/mol. The first-order chi connectivity index (χ1) is 7.09. The highest BCUT2D eigenvalue weighted by Crippen LogP contribution is 2.30. The van der Waals surface area contributed by atoms with Crippen LogP contribution >= 0.6 is 0 Å². The van der Waals surface area contributed by atoms with Crippen LogP contribution in [0.25, 0.3) is 0 Å². The molecular formula is C9H5FN2O3. The Kier molecular flexibility index (Phi) is 2.03. The van der Waals surface area contributed by atoms with Gasteiger partial charge in [-0.3, -0.25) is 19.9 Å². The molecule has 0 fully saturated rings. The SMILES string of the molecule is O=C1CC=Nc2cc(F)c([N+](=O)[O-])cc21. The Bertz CT molecular complexity index is 496. The molecule has 1 aliphatic heterocycles. The molecule has 0 saturated carbocycles. The zero-order valence-corrected chi connectivity index (χ0v) is 7.44. The number of nitro benzene ring substituents is 1. The molecule has 0 N–H and O–H groups in total. The Balaban J connectivity index is 2.66. The Labute approximate surface area is 83.4 Å². The summed E-state index contributed by atoms with van der Waals surface area (Å²) in [5.41, 5.74) is -0.445. The Morgan fingerprint density at radius 3 is 2.87 bits per heavy atom. The minimum Gasteiger partial charge on any atom is -0.294 e. The molecule has 0 atom stereocenters. The number of halogens is 1. The Morgan fingerprint density at radius 2 is 2.20 bits per heavy atom. The van der Waals surface area contributed by atoms with Crippen molar-refractivity contribution in [1.82, 2.24) is 0 Å². The van der Waals surface area contributed by atoms with E-state index in [9.17, 15) is 19.3 Å². The van der Waals surface area contributed by atoms with Gasteiger partial charge in [0, 0.05) is 24.8 Å². The number of hydrogen-bond acceptors (Lipinski definition) is 4. The van der Waals surface area contributed by atoms with E-state index in [2.05, 4.69) is 4.99 Å². The minimum absolute atomic E-state index is 0.0930. The van der Waals surface area contributed by atoms with Crippen molar-refractivity contribution in [1.29, 1.82) is 0 Å². The maximum atomic E-state index is 13.1. The maximum absolute atomic E-state index is 13.1. The third kappa shape index (κ3) is 1.50. The molecule has 0 spiro atoms. The van der Waals surface area contributed by atoms with Crippen molar-refractivity contribution in [3.8, 4) is 0 Å². The fourth-order valence-electron chi connectivity index (χ4n) is 1.36. The Morgan fingerprint density at radius 1 is 1.47 bits per heavy atom. The van der Waals surface area contributed by atoms with Crippen molar-refractivity contribution in [3.63, 3.8) is 0 Å². The highest BCUT2D eigenvalue weighted by atomic mass is 19.1. The van der Waals surface area contributed by atoms with Crippen LogP contribution in [0.5, 0.6) is 0 Å². The largest absolute Gasteiger partial charge is 0.305 e. The molecule has 0 unspecified atom stereocenters. The standard InChI is InChI=1S/C9H5FN2O3/c10-6-4-7-5(3-8(6)12(14)15)9(13)1-2-11-7/h2-4H,1H2. The smallest absolute Gasteiger partial charge is 0.294 e. The van der Waals surface area contributed by atoms with E-state index < -0.39 is 16.4 Å². The maximum Gasteiger partial charge on any atom is 0.305 e. The molecule has 1 heterocycles. The van der Waals surface area contributed by atoms with Gasteiger partial charge in [0.05, 0.1) is 16.2 Å². The molecule has 5 nitrogen and oxygen atoms in total. The van der Waals surface area contributed by atoms with E-state index in [1.807, 2.05) is 0 Å². The number of nitro groups is 1. The van der Waals surface area contributed by atoms with E-state index in [4.69, 9.17) is 0 Å². The van der Waals surface area contributed by atoms with Crippen LogP contribution in [0.3, 0.4) is 0 Å². The summed E-state index contributed by atoms with van der Waals surface area (Å²) in [4.78, 5) is 24.7. The van der Waals surface area contributed by atoms with Crippen LogP contribution in [0.1, 0.15) is 16.8 Å². The van der Waals surface area contributed by atoms with Crippen LogP contribution in [-0.2, 0) is 0 Å². The first kappa shape index (κ1) is 9.45. The number of benzene rings is 1. The number of aliphatic imine (C=N–C) groups is 1. The third-order valence-corrected chi connectivity index (χ3v) is 2.07. The first-order valence-corrected chi connectivity index (χ1v) is 4.13. The van der Waals surface area contributed by atoms with Crippen LogP contribution < -0.4 is 0 Å². The number of fused-ring (bicyclic) bond motifs is 1. The van der Waals surface area contributed by atoms with Gasteiger partial charge in [0.2, 0.25) is 5.82 Å². The third-order valence-electron chi connectivity index (χ3n) is 2.07. The predicted octanol–water partition coefficient (Wildman–Crippen LogP) is 2.02. The van der Waals surface area contributed by atoms with Crippen molar-refractivity contribution < 1.29 is 14.1 Å². The normalized spacial score (nSPS) is 13.8. The Hall–Kier alpha value is -2.11. The average molecular weight is 208 g/mol. The highest BCUT2D eigenvalue weighted by molar-refractivity contribution is 6.10. The molecule has 2 rings (SSSR count). The summed E-state index contributed by atoms with van der Waals surface area (Å²) in [6, 6.07) is 1.84. The topological polar surface area (TPSA) is 72.6 Å². The van der Waals surface area contributed by atoms with Crippen molar-refractivity contribution in [2.45, 2.75) is 6.42 Å². The molecule has 6 heteroatoms. The lowest BCUT2D eigenvalue weighted by atomic mass is 10.0. The van der Waals surface area contributed by atoms with E-state index in [1.54, 1.807) is 0 Å². The van der Waals surface area contributed by atoms with Gasteiger partial charge >= 0.3 is 5.69 Å². The van der Waals surface area contributed by atoms with Gasteiger partial charge in [0.1, 0.15) is 0 Å². The number of rotatable bonds is 1. The second-order valence-electron chi connectivity index (χ2n) is 3.02. The lowest BCUT2D eigenvalue weighted by Crippen LogP contribution is -2.06.